The van der Waals surface area contributed by atoms with Crippen molar-refractivity contribution >= 4 is 11.7 Å². The Kier molecular flexibility index (Phi) is 3.84. The van der Waals surface area contributed by atoms with Gasteiger partial charge in [-0.05, 0) is 12.1 Å². The quantitative estimate of drug-likeness (QED) is 0.803. The fourth-order valence-corrected chi connectivity index (χ4v) is 2.76. The Labute approximate surface area is 118 Å². The molecule has 2 saturated heterocycles. The van der Waals surface area contributed by atoms with E-state index >= 15 is 0 Å². The number of anilines is 1. The maximum absolute atomic E-state index is 12.4. The first-order valence-corrected chi connectivity index (χ1v) is 7.04. The minimum atomic E-state index is -0.170. The number of ether oxygens (including phenoxy) is 1. The Morgan fingerprint density at radius 2 is 2.05 bits per heavy atom. The topological polar surface area (TPSA) is 71.7 Å². The Balaban J connectivity index is 1.57. The largest absolute Gasteiger partial charge is 0.379 e. The van der Waals surface area contributed by atoms with Crippen LogP contribution in [0.5, 0.6) is 0 Å². The third-order valence-corrected chi connectivity index (χ3v) is 4.01. The molecule has 0 aliphatic carbocycles. The molecule has 2 aliphatic rings. The first kappa shape index (κ1) is 13.3. The van der Waals surface area contributed by atoms with E-state index in [2.05, 4.69) is 9.88 Å². The number of aromatic nitrogens is 1. The molecule has 6 heteroatoms. The Morgan fingerprint density at radius 1 is 1.25 bits per heavy atom. The molecule has 2 N–H and O–H groups in total. The molecule has 1 amide bonds. The molecule has 0 radical (unpaired) electrons. The van der Waals surface area contributed by atoms with Crippen molar-refractivity contribution in [3.05, 3.63) is 24.4 Å². The number of carbonyl (C=O) groups excluding carboxylic acids is 1. The lowest BCUT2D eigenvalue weighted by Crippen LogP contribution is -2.52. The van der Waals surface area contributed by atoms with Gasteiger partial charge in [0.2, 0.25) is 5.91 Å². The van der Waals surface area contributed by atoms with E-state index in [1.807, 2.05) is 23.1 Å². The van der Waals surface area contributed by atoms with Crippen LogP contribution in [0.1, 0.15) is 0 Å². The summed E-state index contributed by atoms with van der Waals surface area (Å²) in [5, 5.41) is 0. The molecule has 2 aliphatic heterocycles. The smallest absolute Gasteiger partial charge is 0.229 e. The zero-order valence-corrected chi connectivity index (χ0v) is 11.4. The molecule has 3 heterocycles. The number of piperazine rings is 1. The van der Waals surface area contributed by atoms with Crippen LogP contribution in [0.2, 0.25) is 0 Å². The van der Waals surface area contributed by atoms with Crippen LogP contribution >= 0.6 is 0 Å². The molecule has 0 saturated carbocycles. The van der Waals surface area contributed by atoms with Crippen LogP contribution in [-0.4, -0.2) is 61.2 Å². The molecule has 3 rings (SSSR count). The van der Waals surface area contributed by atoms with Crippen molar-refractivity contribution in [3.8, 4) is 0 Å². The maximum atomic E-state index is 12.4. The first-order valence-electron chi connectivity index (χ1n) is 7.04. The van der Waals surface area contributed by atoms with Crippen molar-refractivity contribution < 1.29 is 9.53 Å². The highest BCUT2D eigenvalue weighted by Gasteiger charge is 2.35. The Bertz CT molecular complexity index is 460. The summed E-state index contributed by atoms with van der Waals surface area (Å²) in [6, 6.07) is 5.73. The van der Waals surface area contributed by atoms with Gasteiger partial charge in [0.25, 0.3) is 0 Å². The van der Waals surface area contributed by atoms with Gasteiger partial charge in [-0.15, -0.1) is 0 Å². The summed E-state index contributed by atoms with van der Waals surface area (Å²) in [5.74, 6) is 0.938. The van der Waals surface area contributed by atoms with Gasteiger partial charge in [0.05, 0.1) is 19.1 Å². The van der Waals surface area contributed by atoms with E-state index in [0.717, 1.165) is 32.0 Å². The van der Waals surface area contributed by atoms with Gasteiger partial charge in [-0.25, -0.2) is 4.98 Å². The molecule has 1 aromatic heterocycles. The normalized spacial score (nSPS) is 26.9. The predicted molar refractivity (Wildman–Crippen MR) is 75.3 cm³/mol. The average Bonchev–Trinajstić information content (AvgIpc) is 2.94. The number of hydrogen-bond acceptors (Lipinski definition) is 5. The van der Waals surface area contributed by atoms with Crippen LogP contribution in [-0.2, 0) is 9.53 Å². The first-order chi connectivity index (χ1) is 9.75. The second kappa shape index (κ2) is 5.76. The summed E-state index contributed by atoms with van der Waals surface area (Å²) in [4.78, 5) is 20.8. The molecule has 1 aromatic rings. The molecule has 108 valence electrons. The van der Waals surface area contributed by atoms with Crippen LogP contribution in [0.4, 0.5) is 5.82 Å². The van der Waals surface area contributed by atoms with Crippen LogP contribution in [0.25, 0.3) is 0 Å². The maximum Gasteiger partial charge on any atom is 0.229 e. The molecule has 0 aromatic carbocycles. The summed E-state index contributed by atoms with van der Waals surface area (Å²) in [6.07, 6.45) is 1.79. The second-order valence-corrected chi connectivity index (χ2v) is 5.31. The van der Waals surface area contributed by atoms with Crippen molar-refractivity contribution in [2.45, 2.75) is 6.04 Å². The van der Waals surface area contributed by atoms with E-state index < -0.39 is 0 Å². The molecule has 2 atom stereocenters. The van der Waals surface area contributed by atoms with Crippen molar-refractivity contribution in [1.82, 2.24) is 9.88 Å². The summed E-state index contributed by atoms with van der Waals surface area (Å²) in [5.41, 5.74) is 5.91. The van der Waals surface area contributed by atoms with Gasteiger partial charge >= 0.3 is 0 Å². The zero-order valence-electron chi connectivity index (χ0n) is 11.4. The number of carbonyl (C=O) groups is 1. The fourth-order valence-electron chi connectivity index (χ4n) is 2.76. The van der Waals surface area contributed by atoms with Crippen LogP contribution in [0.3, 0.4) is 0 Å². The van der Waals surface area contributed by atoms with Crippen molar-refractivity contribution in [2.75, 3.05) is 44.3 Å². The summed E-state index contributed by atoms with van der Waals surface area (Å²) in [6.45, 7) is 4.01. The van der Waals surface area contributed by atoms with Crippen LogP contribution in [0.15, 0.2) is 24.4 Å². The number of pyridine rings is 1. The molecular formula is C14H20N4O2. The van der Waals surface area contributed by atoms with Crippen LogP contribution in [0, 0.1) is 5.92 Å². The van der Waals surface area contributed by atoms with Crippen LogP contribution < -0.4 is 10.6 Å². The molecule has 20 heavy (non-hydrogen) atoms. The number of nitrogens with two attached hydrogens (primary N) is 1. The second-order valence-electron chi connectivity index (χ2n) is 5.31. The number of hydrogen-bond donors (Lipinski definition) is 1. The van der Waals surface area contributed by atoms with E-state index in [1.165, 1.54) is 0 Å². The highest BCUT2D eigenvalue weighted by molar-refractivity contribution is 5.80. The number of rotatable bonds is 2. The molecule has 2 unspecified atom stereocenters. The summed E-state index contributed by atoms with van der Waals surface area (Å²) >= 11 is 0. The van der Waals surface area contributed by atoms with E-state index in [9.17, 15) is 4.79 Å². The highest BCUT2D eigenvalue weighted by Crippen LogP contribution is 2.18. The third-order valence-electron chi connectivity index (χ3n) is 4.01. The van der Waals surface area contributed by atoms with Crippen molar-refractivity contribution in [1.29, 1.82) is 0 Å². The lowest BCUT2D eigenvalue weighted by Gasteiger charge is -2.36. The van der Waals surface area contributed by atoms with Gasteiger partial charge in [-0.1, -0.05) is 6.07 Å². The molecule has 0 spiro atoms. The van der Waals surface area contributed by atoms with Crippen molar-refractivity contribution in [2.24, 2.45) is 11.7 Å². The standard InChI is InChI=1S/C14H20N4O2/c15-12-10-20-9-11(12)14(19)18-7-5-17(6-8-18)13-3-1-2-4-16-13/h1-4,11-12H,5-10,15H2. The molecular weight excluding hydrogens is 256 g/mol. The lowest BCUT2D eigenvalue weighted by atomic mass is 10.0. The van der Waals surface area contributed by atoms with Gasteiger partial charge < -0.3 is 20.3 Å². The molecule has 6 nitrogen and oxygen atoms in total. The van der Waals surface area contributed by atoms with Gasteiger partial charge in [0, 0.05) is 38.4 Å². The van der Waals surface area contributed by atoms with Gasteiger partial charge in [0.15, 0.2) is 0 Å². The fraction of sp³-hybridized carbons (Fsp3) is 0.571. The SMILES string of the molecule is NC1COCC1C(=O)N1CCN(c2ccccn2)CC1. The minimum absolute atomic E-state index is 0.135. The molecule has 2 fully saturated rings. The van der Waals surface area contributed by atoms with Gasteiger partial charge in [0.1, 0.15) is 5.82 Å². The number of nitrogens with zero attached hydrogens (tertiary/aromatic N) is 3. The lowest BCUT2D eigenvalue weighted by molar-refractivity contribution is -0.136. The van der Waals surface area contributed by atoms with E-state index in [0.29, 0.717) is 13.2 Å². The van der Waals surface area contributed by atoms with E-state index in [1.54, 1.807) is 6.20 Å². The summed E-state index contributed by atoms with van der Waals surface area (Å²) in [7, 11) is 0. The zero-order chi connectivity index (χ0) is 13.9. The number of amides is 1. The Hall–Kier alpha value is -1.66. The van der Waals surface area contributed by atoms with E-state index in [4.69, 9.17) is 10.5 Å². The van der Waals surface area contributed by atoms with E-state index in [-0.39, 0.29) is 17.9 Å². The molecule has 0 bridgehead atoms. The van der Waals surface area contributed by atoms with Crippen molar-refractivity contribution in [3.63, 3.8) is 0 Å². The third kappa shape index (κ3) is 2.62. The highest BCUT2D eigenvalue weighted by atomic mass is 16.5. The monoisotopic (exact) mass is 276 g/mol. The summed E-state index contributed by atoms with van der Waals surface area (Å²) < 4.78 is 5.28. The Morgan fingerprint density at radius 3 is 2.65 bits per heavy atom. The minimum Gasteiger partial charge on any atom is -0.379 e. The average molecular weight is 276 g/mol. The van der Waals surface area contributed by atoms with Gasteiger partial charge in [-0.2, -0.15) is 0 Å². The predicted octanol–water partition coefficient (Wildman–Crippen LogP) is -0.296. The van der Waals surface area contributed by atoms with Gasteiger partial charge in [-0.3, -0.25) is 4.79 Å².